The molecule has 3 nitrogen and oxygen atoms in total. The number of rotatable bonds is 2. The Bertz CT molecular complexity index is 1090. The van der Waals surface area contributed by atoms with E-state index in [1.54, 1.807) is 0 Å². The van der Waals surface area contributed by atoms with Crippen molar-refractivity contribution in [2.24, 2.45) is 7.05 Å². The maximum atomic E-state index is 11.4. The van der Waals surface area contributed by atoms with Gasteiger partial charge in [0.05, 0.1) is 0 Å². The molecule has 0 aliphatic heterocycles. The van der Waals surface area contributed by atoms with Crippen LogP contribution < -0.4 is 10.6 Å². The summed E-state index contributed by atoms with van der Waals surface area (Å²) < 4.78 is 2.19. The molecule has 2 heterocycles. The number of nitrogens with one attached hydrogen (secondary N) is 1. The molecule has 0 fully saturated rings. The molecule has 4 rings (SSSR count). The van der Waals surface area contributed by atoms with Crippen LogP contribution in [0.3, 0.4) is 0 Å². The molecule has 3 aromatic rings. The van der Waals surface area contributed by atoms with E-state index in [1.165, 1.54) is 27.4 Å². The number of aromatic amines is 1. The van der Waals surface area contributed by atoms with Gasteiger partial charge in [-0.15, -0.1) is 0 Å². The average Bonchev–Trinajstić information content (AvgIpc) is 3.15. The molecule has 0 radical (unpaired) electrons. The molecule has 0 unspecified atom stereocenters. The van der Waals surface area contributed by atoms with E-state index < -0.39 is 0 Å². The zero-order valence-electron chi connectivity index (χ0n) is 14.0. The number of H-pyrrole nitrogens is 1. The number of fused-ring (bicyclic) bond motifs is 2. The number of nitrogens with zero attached hydrogens (tertiary/aromatic N) is 1. The third kappa shape index (κ3) is 2.33. The molecule has 0 saturated heterocycles. The Hall–Kier alpha value is -2.81. The van der Waals surface area contributed by atoms with Crippen LogP contribution in [-0.2, 0) is 11.8 Å². The molecule has 3 heteroatoms. The number of carbonyl (C=O) groups excluding carboxylic acids is 1. The number of aldehydes is 1. The molecular formula is C21H20N2O. The highest BCUT2D eigenvalue weighted by atomic mass is 16.1. The van der Waals surface area contributed by atoms with Gasteiger partial charge in [-0.05, 0) is 60.6 Å². The fourth-order valence-corrected chi connectivity index (χ4v) is 3.65. The van der Waals surface area contributed by atoms with E-state index in [4.69, 9.17) is 0 Å². The van der Waals surface area contributed by atoms with Crippen LogP contribution in [0.15, 0.2) is 48.3 Å². The lowest BCUT2D eigenvalue weighted by Gasteiger charge is -2.04. The Kier molecular flexibility index (Phi) is 3.49. The molecular weight excluding hydrogens is 296 g/mol. The first-order chi connectivity index (χ1) is 11.7. The maximum absolute atomic E-state index is 11.4. The molecule has 1 aliphatic carbocycles. The number of aryl methyl sites for hydroxylation is 1. The Morgan fingerprint density at radius 1 is 1.25 bits per heavy atom. The highest BCUT2D eigenvalue weighted by molar-refractivity contribution is 5.89. The van der Waals surface area contributed by atoms with Gasteiger partial charge in [-0.1, -0.05) is 12.1 Å². The summed E-state index contributed by atoms with van der Waals surface area (Å²) in [6, 6.07) is 8.54. The Morgan fingerprint density at radius 3 is 2.96 bits per heavy atom. The summed E-state index contributed by atoms with van der Waals surface area (Å²) in [5.74, 6) is 0. The van der Waals surface area contributed by atoms with E-state index in [9.17, 15) is 4.79 Å². The Labute approximate surface area is 140 Å². The normalized spacial score (nSPS) is 14.6. The van der Waals surface area contributed by atoms with Gasteiger partial charge in [-0.25, -0.2) is 0 Å². The molecule has 1 N–H and O–H groups in total. The van der Waals surface area contributed by atoms with E-state index >= 15 is 0 Å². The Balaban J connectivity index is 2.06. The summed E-state index contributed by atoms with van der Waals surface area (Å²) in [4.78, 5) is 14.6. The van der Waals surface area contributed by atoms with Crippen LogP contribution in [0.25, 0.3) is 33.7 Å². The topological polar surface area (TPSA) is 37.8 Å². The minimum Gasteiger partial charge on any atom is -0.361 e. The lowest BCUT2D eigenvalue weighted by atomic mass is 10.0. The standard InChI is InChI=1S/C21H20N2O/c1-14-4-3-5-15(13-24)10-18-19(12-23(2)21(14)18)16-6-7-20-17(11-16)8-9-22-20/h5-13,22H,3-4H2,1-2H3. The highest BCUT2D eigenvalue weighted by Crippen LogP contribution is 2.22. The first-order valence-electron chi connectivity index (χ1n) is 8.27. The van der Waals surface area contributed by atoms with Gasteiger partial charge in [-0.3, -0.25) is 4.79 Å². The molecule has 2 aromatic heterocycles. The van der Waals surface area contributed by atoms with Gasteiger partial charge >= 0.3 is 0 Å². The number of benzene rings is 1. The minimum atomic E-state index is 0.763. The number of allylic oxidation sites excluding steroid dienone is 2. The van der Waals surface area contributed by atoms with Gasteiger partial charge < -0.3 is 9.55 Å². The van der Waals surface area contributed by atoms with Crippen molar-refractivity contribution in [1.82, 2.24) is 9.55 Å². The van der Waals surface area contributed by atoms with Crippen molar-refractivity contribution >= 4 is 28.8 Å². The lowest BCUT2D eigenvalue weighted by molar-refractivity contribution is -0.104. The van der Waals surface area contributed by atoms with E-state index in [0.29, 0.717) is 0 Å². The fraction of sp³-hybridized carbons (Fsp3) is 0.190. The number of hydrogen-bond acceptors (Lipinski definition) is 1. The number of aromatic nitrogens is 2. The molecule has 0 spiro atoms. The smallest absolute Gasteiger partial charge is 0.149 e. The summed E-state index contributed by atoms with van der Waals surface area (Å²) in [7, 11) is 2.08. The molecule has 1 aromatic carbocycles. The Morgan fingerprint density at radius 2 is 2.12 bits per heavy atom. The highest BCUT2D eigenvalue weighted by Gasteiger charge is 2.11. The van der Waals surface area contributed by atoms with Crippen molar-refractivity contribution in [2.75, 3.05) is 0 Å². The average molecular weight is 316 g/mol. The molecule has 1 aliphatic rings. The van der Waals surface area contributed by atoms with Crippen molar-refractivity contribution in [2.45, 2.75) is 19.8 Å². The molecule has 120 valence electrons. The minimum absolute atomic E-state index is 0.763. The van der Waals surface area contributed by atoms with Crippen LogP contribution in [0.4, 0.5) is 0 Å². The van der Waals surface area contributed by atoms with Gasteiger partial charge in [0.25, 0.3) is 0 Å². The zero-order chi connectivity index (χ0) is 16.7. The van der Waals surface area contributed by atoms with Gasteiger partial charge in [0.1, 0.15) is 6.29 Å². The summed E-state index contributed by atoms with van der Waals surface area (Å²) in [5.41, 5.74) is 5.61. The first kappa shape index (κ1) is 14.8. The molecule has 0 bridgehead atoms. The van der Waals surface area contributed by atoms with E-state index in [1.807, 2.05) is 18.3 Å². The predicted molar refractivity (Wildman–Crippen MR) is 98.9 cm³/mol. The van der Waals surface area contributed by atoms with Crippen LogP contribution in [0, 0.1) is 0 Å². The number of carbonyl (C=O) groups is 1. The maximum Gasteiger partial charge on any atom is 0.149 e. The van der Waals surface area contributed by atoms with Crippen LogP contribution in [0.5, 0.6) is 0 Å². The van der Waals surface area contributed by atoms with Crippen LogP contribution in [0.1, 0.15) is 19.8 Å². The van der Waals surface area contributed by atoms with Gasteiger partial charge in [0.2, 0.25) is 0 Å². The van der Waals surface area contributed by atoms with E-state index in [2.05, 4.69) is 54.0 Å². The monoisotopic (exact) mass is 316 g/mol. The third-order valence-corrected chi connectivity index (χ3v) is 4.84. The zero-order valence-corrected chi connectivity index (χ0v) is 14.0. The van der Waals surface area contributed by atoms with Crippen molar-refractivity contribution in [3.8, 4) is 11.1 Å². The first-order valence-corrected chi connectivity index (χ1v) is 8.27. The largest absolute Gasteiger partial charge is 0.361 e. The van der Waals surface area contributed by atoms with Gasteiger partial charge in [-0.2, -0.15) is 0 Å². The van der Waals surface area contributed by atoms with E-state index in [0.717, 1.165) is 35.4 Å². The second kappa shape index (κ2) is 5.68. The van der Waals surface area contributed by atoms with Crippen LogP contribution >= 0.6 is 0 Å². The summed E-state index contributed by atoms with van der Waals surface area (Å²) >= 11 is 0. The molecule has 0 saturated carbocycles. The van der Waals surface area contributed by atoms with Crippen LogP contribution in [-0.4, -0.2) is 15.8 Å². The van der Waals surface area contributed by atoms with Gasteiger partial charge in [0, 0.05) is 46.7 Å². The second-order valence-corrected chi connectivity index (χ2v) is 6.48. The summed E-state index contributed by atoms with van der Waals surface area (Å²) in [5, 5.41) is 3.57. The fourth-order valence-electron chi connectivity index (χ4n) is 3.65. The van der Waals surface area contributed by atoms with Crippen molar-refractivity contribution in [1.29, 1.82) is 0 Å². The number of hydrogen-bond donors (Lipinski definition) is 1. The summed E-state index contributed by atoms with van der Waals surface area (Å²) in [6.07, 6.45) is 11.0. The lowest BCUT2D eigenvalue weighted by Crippen LogP contribution is -2.31. The molecule has 24 heavy (non-hydrogen) atoms. The van der Waals surface area contributed by atoms with Crippen molar-refractivity contribution in [3.05, 3.63) is 58.9 Å². The van der Waals surface area contributed by atoms with Crippen molar-refractivity contribution in [3.63, 3.8) is 0 Å². The van der Waals surface area contributed by atoms with E-state index in [-0.39, 0.29) is 0 Å². The second-order valence-electron chi connectivity index (χ2n) is 6.48. The summed E-state index contributed by atoms with van der Waals surface area (Å²) in [6.45, 7) is 2.19. The SMILES string of the molecule is CC1=c2c(c(-c3ccc4[nH]ccc4c3)cn2C)=CC(C=O)=CCC1. The van der Waals surface area contributed by atoms with Crippen LogP contribution in [0.2, 0.25) is 0 Å². The molecule has 0 atom stereocenters. The molecule has 0 amide bonds. The quantitative estimate of drug-likeness (QED) is 0.725. The predicted octanol–water partition coefficient (Wildman–Crippen LogP) is 3.04. The van der Waals surface area contributed by atoms with Gasteiger partial charge in [0.15, 0.2) is 0 Å². The third-order valence-electron chi connectivity index (χ3n) is 4.84. The van der Waals surface area contributed by atoms with Crippen molar-refractivity contribution < 1.29 is 4.79 Å².